The fraction of sp³-hybridized carbons (Fsp3) is 0.182. The van der Waals surface area contributed by atoms with Crippen LogP contribution in [-0.4, -0.2) is 20.1 Å². The molecule has 0 saturated heterocycles. The van der Waals surface area contributed by atoms with E-state index in [1.54, 1.807) is 44.4 Å². The predicted octanol–water partition coefficient (Wildman–Crippen LogP) is 4.63. The maximum absolute atomic E-state index is 11.7. The van der Waals surface area contributed by atoms with E-state index < -0.39 is 10.1 Å². The third-order valence-electron chi connectivity index (χ3n) is 4.32. The monoisotopic (exact) mass is 398 g/mol. The van der Waals surface area contributed by atoms with Crippen LogP contribution in [0.3, 0.4) is 0 Å². The third kappa shape index (κ3) is 4.98. The lowest BCUT2D eigenvalue weighted by Gasteiger charge is -2.11. The average Bonchev–Trinajstić information content (AvgIpc) is 2.67. The van der Waals surface area contributed by atoms with E-state index in [0.29, 0.717) is 30.1 Å². The van der Waals surface area contributed by atoms with Crippen molar-refractivity contribution in [1.82, 2.24) is 0 Å². The second-order valence-corrected chi connectivity index (χ2v) is 7.93. The number of methoxy groups -OCH3 is 1. The summed E-state index contributed by atoms with van der Waals surface area (Å²) in [5.74, 6) is 0.672. The summed E-state index contributed by atoms with van der Waals surface area (Å²) in [5, 5.41) is 0. The molecule has 0 bridgehead atoms. The molecule has 0 atom stereocenters. The van der Waals surface area contributed by atoms with Crippen molar-refractivity contribution in [2.45, 2.75) is 25.0 Å². The van der Waals surface area contributed by atoms with Gasteiger partial charge in [0.05, 0.1) is 6.61 Å². The van der Waals surface area contributed by atoms with Crippen molar-refractivity contribution in [3.63, 3.8) is 0 Å². The van der Waals surface area contributed by atoms with Crippen LogP contribution in [0.25, 0.3) is 11.1 Å². The van der Waals surface area contributed by atoms with Crippen molar-refractivity contribution < 1.29 is 22.4 Å². The van der Waals surface area contributed by atoms with Gasteiger partial charge in [0.15, 0.2) is 0 Å². The van der Waals surface area contributed by atoms with Crippen LogP contribution in [0, 0.1) is 6.92 Å². The Morgan fingerprint density at radius 3 is 2.04 bits per heavy atom. The Morgan fingerprint density at radius 1 is 0.857 bits per heavy atom. The molecule has 1 N–H and O–H groups in total. The van der Waals surface area contributed by atoms with Gasteiger partial charge in [0, 0.05) is 12.7 Å². The summed E-state index contributed by atoms with van der Waals surface area (Å²) in [6, 6.07) is 20.1. The summed E-state index contributed by atoms with van der Waals surface area (Å²) in [6.07, 6.45) is 0. The summed E-state index contributed by atoms with van der Waals surface area (Å²) >= 11 is 0. The lowest BCUT2D eigenvalue weighted by atomic mass is 10.0. The zero-order valence-corrected chi connectivity index (χ0v) is 16.6. The number of ether oxygens (including phenoxy) is 2. The molecule has 0 saturated carbocycles. The first kappa shape index (κ1) is 20.1. The van der Waals surface area contributed by atoms with Crippen LogP contribution in [0.5, 0.6) is 5.75 Å². The van der Waals surface area contributed by atoms with Crippen molar-refractivity contribution in [3.05, 3.63) is 83.4 Å². The molecule has 3 rings (SSSR count). The molecular weight excluding hydrogens is 376 g/mol. The Labute approximate surface area is 165 Å². The smallest absolute Gasteiger partial charge is 0.295 e. The Balaban J connectivity index is 1.74. The molecule has 5 nitrogen and oxygen atoms in total. The minimum atomic E-state index is -4.31. The quantitative estimate of drug-likeness (QED) is 0.587. The molecule has 0 fully saturated rings. The molecule has 0 aromatic heterocycles. The van der Waals surface area contributed by atoms with Crippen LogP contribution >= 0.6 is 0 Å². The molecule has 0 aliphatic heterocycles. The maximum Gasteiger partial charge on any atom is 0.295 e. The summed E-state index contributed by atoms with van der Waals surface area (Å²) in [7, 11) is -2.65. The van der Waals surface area contributed by atoms with Crippen molar-refractivity contribution in [2.24, 2.45) is 0 Å². The van der Waals surface area contributed by atoms with Gasteiger partial charge >= 0.3 is 0 Å². The molecule has 3 aromatic carbocycles. The van der Waals surface area contributed by atoms with E-state index in [4.69, 9.17) is 9.47 Å². The second-order valence-electron chi connectivity index (χ2n) is 6.54. The van der Waals surface area contributed by atoms with E-state index in [-0.39, 0.29) is 4.90 Å². The zero-order valence-electron chi connectivity index (χ0n) is 15.8. The normalized spacial score (nSPS) is 11.4. The molecule has 28 heavy (non-hydrogen) atoms. The number of benzene rings is 3. The molecular formula is C22H22O5S. The zero-order chi connectivity index (χ0) is 20.1. The minimum Gasteiger partial charge on any atom is -0.489 e. The molecule has 0 aliphatic carbocycles. The summed E-state index contributed by atoms with van der Waals surface area (Å²) in [5.41, 5.74) is 4.03. The van der Waals surface area contributed by atoms with Crippen molar-refractivity contribution in [1.29, 1.82) is 0 Å². The molecule has 0 spiro atoms. The van der Waals surface area contributed by atoms with Crippen molar-refractivity contribution >= 4 is 10.1 Å². The highest BCUT2D eigenvalue weighted by Crippen LogP contribution is 2.29. The molecule has 0 amide bonds. The number of rotatable bonds is 7. The van der Waals surface area contributed by atoms with Gasteiger partial charge in [0.1, 0.15) is 17.3 Å². The van der Waals surface area contributed by atoms with Gasteiger partial charge in [-0.1, -0.05) is 48.5 Å². The largest absolute Gasteiger partial charge is 0.489 e. The number of hydrogen-bond acceptors (Lipinski definition) is 4. The summed E-state index contributed by atoms with van der Waals surface area (Å²) in [6.45, 7) is 2.78. The lowest BCUT2D eigenvalue weighted by Crippen LogP contribution is -2.01. The fourth-order valence-corrected chi connectivity index (χ4v) is 3.68. The van der Waals surface area contributed by atoms with E-state index >= 15 is 0 Å². The predicted molar refractivity (Wildman–Crippen MR) is 108 cm³/mol. The molecule has 0 unspecified atom stereocenters. The van der Waals surface area contributed by atoms with Gasteiger partial charge in [-0.05, 0) is 47.4 Å². The van der Waals surface area contributed by atoms with E-state index in [0.717, 1.165) is 16.7 Å². The SMILES string of the molecule is COCc1ccc(COc2ccc(-c3ccc(C)cc3S(=O)(=O)O)cc2)cc1. The molecule has 0 aliphatic rings. The van der Waals surface area contributed by atoms with Gasteiger partial charge in [-0.15, -0.1) is 0 Å². The molecule has 3 aromatic rings. The van der Waals surface area contributed by atoms with Crippen LogP contribution in [0.2, 0.25) is 0 Å². The second kappa shape index (κ2) is 8.56. The molecule has 0 radical (unpaired) electrons. The number of aryl methyl sites for hydroxylation is 1. The van der Waals surface area contributed by atoms with Gasteiger partial charge in [0.2, 0.25) is 0 Å². The van der Waals surface area contributed by atoms with Crippen LogP contribution < -0.4 is 4.74 Å². The highest BCUT2D eigenvalue weighted by atomic mass is 32.2. The van der Waals surface area contributed by atoms with E-state index in [9.17, 15) is 13.0 Å². The third-order valence-corrected chi connectivity index (χ3v) is 5.21. The van der Waals surface area contributed by atoms with Crippen LogP contribution in [0.15, 0.2) is 71.6 Å². The highest BCUT2D eigenvalue weighted by molar-refractivity contribution is 7.86. The average molecular weight is 398 g/mol. The van der Waals surface area contributed by atoms with E-state index in [1.807, 2.05) is 30.3 Å². The standard InChI is InChI=1S/C22H22O5S/c1-16-3-12-21(22(13-16)28(23,24)25)19-8-10-20(11-9-19)27-15-18-6-4-17(5-7-18)14-26-2/h3-13H,14-15H2,1-2H3,(H,23,24,25). The number of hydrogen-bond donors (Lipinski definition) is 1. The Bertz CT molecular complexity index is 1040. The Morgan fingerprint density at radius 2 is 1.46 bits per heavy atom. The Hall–Kier alpha value is -2.67. The first-order valence-electron chi connectivity index (χ1n) is 8.75. The van der Waals surface area contributed by atoms with Crippen LogP contribution in [0.4, 0.5) is 0 Å². The highest BCUT2D eigenvalue weighted by Gasteiger charge is 2.16. The van der Waals surface area contributed by atoms with E-state index in [2.05, 4.69) is 0 Å². The van der Waals surface area contributed by atoms with E-state index in [1.165, 1.54) is 6.07 Å². The van der Waals surface area contributed by atoms with Crippen molar-refractivity contribution in [2.75, 3.05) is 7.11 Å². The van der Waals surface area contributed by atoms with Gasteiger partial charge in [0.25, 0.3) is 10.1 Å². The molecule has 6 heteroatoms. The fourth-order valence-electron chi connectivity index (χ4n) is 2.88. The molecule has 146 valence electrons. The van der Waals surface area contributed by atoms with Gasteiger partial charge < -0.3 is 9.47 Å². The van der Waals surface area contributed by atoms with Gasteiger partial charge in [-0.2, -0.15) is 8.42 Å². The summed E-state index contributed by atoms with van der Waals surface area (Å²) in [4.78, 5) is -0.0997. The van der Waals surface area contributed by atoms with Gasteiger partial charge in [-0.25, -0.2) is 0 Å². The minimum absolute atomic E-state index is 0.0997. The van der Waals surface area contributed by atoms with Gasteiger partial charge in [-0.3, -0.25) is 4.55 Å². The maximum atomic E-state index is 11.7. The van der Waals surface area contributed by atoms with Crippen molar-refractivity contribution in [3.8, 4) is 16.9 Å². The van der Waals surface area contributed by atoms with Crippen LogP contribution in [-0.2, 0) is 28.1 Å². The Kier molecular flexibility index (Phi) is 6.14. The topological polar surface area (TPSA) is 72.8 Å². The summed E-state index contributed by atoms with van der Waals surface area (Å²) < 4.78 is 43.8. The van der Waals surface area contributed by atoms with Crippen LogP contribution in [0.1, 0.15) is 16.7 Å². The first-order valence-corrected chi connectivity index (χ1v) is 10.2. The first-order chi connectivity index (χ1) is 13.4. The molecule has 0 heterocycles. The lowest BCUT2D eigenvalue weighted by molar-refractivity contribution is 0.185.